The molecule has 3 aromatic rings. The van der Waals surface area contributed by atoms with Crippen LogP contribution < -0.4 is 10.2 Å². The number of piperidine rings is 1. The molecule has 6 nitrogen and oxygen atoms in total. The standard InChI is InChI=1S/C26H27N3O3S2/c1-2-20-9-7-8-18-28(20)34(31,32)21-16-14-19(15-17-21)27-26(30)29-22-10-3-5-12-24(22)33-25-13-6-4-11-23(25)29/h3-6,10-17,20H,2,7-9,18H2,1H3,(H,27,30). The van der Waals surface area contributed by atoms with Gasteiger partial charge in [-0.05, 0) is 67.8 Å². The number of carbonyl (C=O) groups excluding carboxylic acids is 1. The summed E-state index contributed by atoms with van der Waals surface area (Å²) >= 11 is 1.64. The van der Waals surface area contributed by atoms with Gasteiger partial charge >= 0.3 is 6.03 Å². The number of sulfonamides is 1. The molecule has 1 N–H and O–H groups in total. The maximum Gasteiger partial charge on any atom is 0.331 e. The minimum atomic E-state index is -3.56. The lowest BCUT2D eigenvalue weighted by Gasteiger charge is -2.34. The second-order valence-electron chi connectivity index (χ2n) is 8.50. The number of anilines is 3. The number of carbonyl (C=O) groups is 1. The monoisotopic (exact) mass is 493 g/mol. The summed E-state index contributed by atoms with van der Waals surface area (Å²) in [6.45, 7) is 2.59. The maximum absolute atomic E-state index is 13.4. The minimum absolute atomic E-state index is 0.0511. The third kappa shape index (κ3) is 4.21. The van der Waals surface area contributed by atoms with Crippen molar-refractivity contribution in [1.29, 1.82) is 0 Å². The van der Waals surface area contributed by atoms with Crippen LogP contribution in [0.25, 0.3) is 0 Å². The van der Waals surface area contributed by atoms with Gasteiger partial charge in [0.25, 0.3) is 0 Å². The molecular formula is C26H27N3O3S2. The van der Waals surface area contributed by atoms with Crippen LogP contribution in [0.15, 0.2) is 87.5 Å². The van der Waals surface area contributed by atoms with E-state index in [2.05, 4.69) is 5.32 Å². The zero-order valence-electron chi connectivity index (χ0n) is 19.0. The minimum Gasteiger partial charge on any atom is -0.307 e. The summed E-state index contributed by atoms with van der Waals surface area (Å²) in [5.41, 5.74) is 2.18. The van der Waals surface area contributed by atoms with Crippen LogP contribution >= 0.6 is 11.8 Å². The zero-order chi connectivity index (χ0) is 23.7. The van der Waals surface area contributed by atoms with Crippen molar-refractivity contribution in [2.45, 2.75) is 53.3 Å². The quantitative estimate of drug-likeness (QED) is 0.452. The third-order valence-electron chi connectivity index (χ3n) is 6.39. The highest BCUT2D eigenvalue weighted by Gasteiger charge is 2.32. The second-order valence-corrected chi connectivity index (χ2v) is 11.5. The first-order valence-corrected chi connectivity index (χ1v) is 13.8. The summed E-state index contributed by atoms with van der Waals surface area (Å²) in [4.78, 5) is 17.3. The SMILES string of the molecule is CCC1CCCCN1S(=O)(=O)c1ccc(NC(=O)N2c3ccccc3Sc3ccccc32)cc1. The number of fused-ring (bicyclic) bond motifs is 2. The van der Waals surface area contributed by atoms with Crippen LogP contribution in [0.2, 0.25) is 0 Å². The van der Waals surface area contributed by atoms with Crippen LogP contribution in [0.5, 0.6) is 0 Å². The maximum atomic E-state index is 13.4. The lowest BCUT2D eigenvalue weighted by Crippen LogP contribution is -2.43. The van der Waals surface area contributed by atoms with Crippen molar-refractivity contribution in [2.75, 3.05) is 16.8 Å². The number of hydrogen-bond donors (Lipinski definition) is 1. The van der Waals surface area contributed by atoms with Crippen LogP contribution in [0.3, 0.4) is 0 Å². The van der Waals surface area contributed by atoms with Crippen LogP contribution in [0.4, 0.5) is 21.9 Å². The number of nitrogens with one attached hydrogen (secondary N) is 1. The van der Waals surface area contributed by atoms with E-state index in [0.717, 1.165) is 46.8 Å². The van der Waals surface area contributed by atoms with Gasteiger partial charge < -0.3 is 5.32 Å². The molecule has 34 heavy (non-hydrogen) atoms. The predicted octanol–water partition coefficient (Wildman–Crippen LogP) is 6.47. The van der Waals surface area contributed by atoms with E-state index in [1.54, 1.807) is 45.2 Å². The van der Waals surface area contributed by atoms with Crippen molar-refractivity contribution in [3.8, 4) is 0 Å². The summed E-state index contributed by atoms with van der Waals surface area (Å²) in [6, 6.07) is 21.8. The van der Waals surface area contributed by atoms with Gasteiger partial charge in [0.1, 0.15) is 0 Å². The summed E-state index contributed by atoms with van der Waals surface area (Å²) < 4.78 is 28.1. The number of nitrogens with zero attached hydrogens (tertiary/aromatic N) is 2. The number of urea groups is 1. The molecule has 0 aliphatic carbocycles. The molecule has 0 bridgehead atoms. The Bertz CT molecular complexity index is 1260. The second kappa shape index (κ2) is 9.44. The Morgan fingerprint density at radius 2 is 1.56 bits per heavy atom. The van der Waals surface area contributed by atoms with Gasteiger partial charge in [0.05, 0.1) is 16.3 Å². The van der Waals surface area contributed by atoms with E-state index in [-0.39, 0.29) is 17.0 Å². The number of para-hydroxylation sites is 2. The normalized spacial score (nSPS) is 18.1. The van der Waals surface area contributed by atoms with E-state index in [4.69, 9.17) is 0 Å². The first kappa shape index (κ1) is 23.0. The highest BCUT2D eigenvalue weighted by molar-refractivity contribution is 7.99. The Morgan fingerprint density at radius 3 is 2.18 bits per heavy atom. The molecule has 1 unspecified atom stereocenters. The average Bonchev–Trinajstić information content (AvgIpc) is 2.87. The summed E-state index contributed by atoms with van der Waals surface area (Å²) in [5, 5.41) is 2.94. The van der Waals surface area contributed by atoms with E-state index in [1.807, 2.05) is 55.5 Å². The van der Waals surface area contributed by atoms with Gasteiger partial charge in [-0.15, -0.1) is 0 Å². The molecular weight excluding hydrogens is 466 g/mol. The van der Waals surface area contributed by atoms with E-state index in [1.165, 1.54) is 0 Å². The van der Waals surface area contributed by atoms with E-state index >= 15 is 0 Å². The Balaban J connectivity index is 1.39. The number of rotatable bonds is 4. The largest absolute Gasteiger partial charge is 0.331 e. The van der Waals surface area contributed by atoms with Crippen molar-refractivity contribution < 1.29 is 13.2 Å². The molecule has 1 atom stereocenters. The fourth-order valence-corrected chi connectivity index (χ4v) is 7.47. The summed E-state index contributed by atoms with van der Waals surface area (Å²) in [6.07, 6.45) is 3.67. The van der Waals surface area contributed by atoms with Crippen molar-refractivity contribution in [2.24, 2.45) is 0 Å². The molecule has 2 aliphatic rings. The highest BCUT2D eigenvalue weighted by Crippen LogP contribution is 2.48. The molecule has 2 amide bonds. The van der Waals surface area contributed by atoms with E-state index < -0.39 is 10.0 Å². The van der Waals surface area contributed by atoms with Crippen molar-refractivity contribution >= 4 is 44.9 Å². The van der Waals surface area contributed by atoms with Crippen LogP contribution in [0, 0.1) is 0 Å². The van der Waals surface area contributed by atoms with Crippen LogP contribution in [-0.4, -0.2) is 31.3 Å². The van der Waals surface area contributed by atoms with Gasteiger partial charge in [0.15, 0.2) is 0 Å². The van der Waals surface area contributed by atoms with Crippen molar-refractivity contribution in [1.82, 2.24) is 4.31 Å². The van der Waals surface area contributed by atoms with Gasteiger partial charge in [0, 0.05) is 28.1 Å². The molecule has 8 heteroatoms. The summed E-state index contributed by atoms with van der Waals surface area (Å²) in [7, 11) is -3.56. The number of benzene rings is 3. The van der Waals surface area contributed by atoms with Crippen molar-refractivity contribution in [3.05, 3.63) is 72.8 Å². The van der Waals surface area contributed by atoms with E-state index in [9.17, 15) is 13.2 Å². The van der Waals surface area contributed by atoms with Crippen LogP contribution in [-0.2, 0) is 10.0 Å². The Labute approximate surface area is 205 Å². The smallest absolute Gasteiger partial charge is 0.307 e. The molecule has 176 valence electrons. The first-order chi connectivity index (χ1) is 16.5. The first-order valence-electron chi connectivity index (χ1n) is 11.6. The Kier molecular flexibility index (Phi) is 6.38. The summed E-state index contributed by atoms with van der Waals surface area (Å²) in [5.74, 6) is 0. The fraction of sp³-hybridized carbons (Fsp3) is 0.269. The number of amides is 2. The molecule has 2 aliphatic heterocycles. The molecule has 5 rings (SSSR count). The third-order valence-corrected chi connectivity index (χ3v) is 9.49. The molecule has 0 saturated carbocycles. The number of hydrogen-bond acceptors (Lipinski definition) is 4. The van der Waals surface area contributed by atoms with Gasteiger partial charge in [0.2, 0.25) is 10.0 Å². The molecule has 1 fully saturated rings. The predicted molar refractivity (Wildman–Crippen MR) is 136 cm³/mol. The van der Waals surface area contributed by atoms with Gasteiger partial charge in [-0.1, -0.05) is 49.4 Å². The highest BCUT2D eigenvalue weighted by atomic mass is 32.2. The topological polar surface area (TPSA) is 69.7 Å². The lowest BCUT2D eigenvalue weighted by molar-refractivity contribution is 0.246. The van der Waals surface area contributed by atoms with Crippen LogP contribution in [0.1, 0.15) is 32.6 Å². The Morgan fingerprint density at radius 1 is 0.941 bits per heavy atom. The van der Waals surface area contributed by atoms with Gasteiger partial charge in [-0.25, -0.2) is 13.2 Å². The van der Waals surface area contributed by atoms with E-state index in [0.29, 0.717) is 12.2 Å². The van der Waals surface area contributed by atoms with Gasteiger partial charge in [-0.2, -0.15) is 4.31 Å². The zero-order valence-corrected chi connectivity index (χ0v) is 20.6. The fourth-order valence-electron chi connectivity index (χ4n) is 4.65. The molecule has 0 aromatic heterocycles. The molecule has 0 spiro atoms. The molecule has 3 aromatic carbocycles. The molecule has 1 saturated heterocycles. The average molecular weight is 494 g/mol. The van der Waals surface area contributed by atoms with Gasteiger partial charge in [-0.3, -0.25) is 4.90 Å². The molecule has 2 heterocycles. The van der Waals surface area contributed by atoms with Crippen molar-refractivity contribution in [3.63, 3.8) is 0 Å². The lowest BCUT2D eigenvalue weighted by atomic mass is 10.0. The Hall–Kier alpha value is -2.81. The molecule has 0 radical (unpaired) electrons.